The average molecular weight is 185 g/mol. The number of alkyl halides is 2. The standard InChI is InChI=1S/C5H6Cl2O3/c1-3(8)2-5(6,7)4(9)10/h2H2,1H3,(H,9,10). The van der Waals surface area contributed by atoms with Crippen molar-refractivity contribution in [3.63, 3.8) is 0 Å². The second-order valence-corrected chi connectivity index (χ2v) is 3.37. The number of carboxylic acid groups (broad SMARTS) is 1. The average Bonchev–Trinajstić information content (AvgIpc) is 1.60. The van der Waals surface area contributed by atoms with Crippen molar-refractivity contribution in [2.24, 2.45) is 0 Å². The van der Waals surface area contributed by atoms with E-state index < -0.39 is 10.3 Å². The summed E-state index contributed by atoms with van der Waals surface area (Å²) in [6, 6.07) is 0. The summed E-state index contributed by atoms with van der Waals surface area (Å²) in [6.07, 6.45) is -0.370. The van der Waals surface area contributed by atoms with Crippen LogP contribution >= 0.6 is 23.2 Å². The normalized spacial score (nSPS) is 11.1. The Kier molecular flexibility index (Phi) is 3.12. The number of rotatable bonds is 3. The predicted molar refractivity (Wildman–Crippen MR) is 37.4 cm³/mol. The maximum absolute atomic E-state index is 10.3. The zero-order valence-electron chi connectivity index (χ0n) is 5.23. The zero-order valence-corrected chi connectivity index (χ0v) is 6.74. The molecule has 1 N–H and O–H groups in total. The van der Waals surface area contributed by atoms with Crippen LogP contribution in [0.4, 0.5) is 0 Å². The first kappa shape index (κ1) is 9.72. The first-order chi connectivity index (χ1) is 4.36. The molecule has 5 heteroatoms. The molecule has 0 unspecified atom stereocenters. The van der Waals surface area contributed by atoms with Gasteiger partial charge in [-0.3, -0.25) is 4.79 Å². The van der Waals surface area contributed by atoms with Gasteiger partial charge < -0.3 is 5.11 Å². The van der Waals surface area contributed by atoms with Gasteiger partial charge in [-0.25, -0.2) is 4.79 Å². The fraction of sp³-hybridized carbons (Fsp3) is 0.600. The molecule has 58 valence electrons. The summed E-state index contributed by atoms with van der Waals surface area (Å²) < 4.78 is -1.97. The van der Waals surface area contributed by atoms with Crippen molar-refractivity contribution in [3.8, 4) is 0 Å². The van der Waals surface area contributed by atoms with E-state index in [4.69, 9.17) is 28.3 Å². The smallest absolute Gasteiger partial charge is 0.340 e. The summed E-state index contributed by atoms with van der Waals surface area (Å²) in [5.41, 5.74) is 0. The van der Waals surface area contributed by atoms with E-state index in [2.05, 4.69) is 0 Å². The lowest BCUT2D eigenvalue weighted by atomic mass is 10.2. The van der Waals surface area contributed by atoms with Gasteiger partial charge in [0.1, 0.15) is 5.78 Å². The number of carboxylic acids is 1. The van der Waals surface area contributed by atoms with Crippen LogP contribution in [0.2, 0.25) is 0 Å². The Hall–Kier alpha value is -0.280. The van der Waals surface area contributed by atoms with Crippen molar-refractivity contribution in [3.05, 3.63) is 0 Å². The van der Waals surface area contributed by atoms with E-state index in [9.17, 15) is 9.59 Å². The number of carbonyl (C=O) groups is 2. The van der Waals surface area contributed by atoms with Crippen LogP contribution in [0.15, 0.2) is 0 Å². The monoisotopic (exact) mass is 184 g/mol. The Morgan fingerprint density at radius 1 is 1.50 bits per heavy atom. The van der Waals surface area contributed by atoms with Crippen LogP contribution in [0, 0.1) is 0 Å². The third kappa shape index (κ3) is 3.03. The van der Waals surface area contributed by atoms with E-state index in [1.807, 2.05) is 0 Å². The van der Waals surface area contributed by atoms with Gasteiger partial charge in [0.05, 0.1) is 6.42 Å². The number of Topliss-reactive ketones (excluding diaryl/α,β-unsaturated/α-hetero) is 1. The SMILES string of the molecule is CC(=O)CC(Cl)(Cl)C(=O)O. The number of aliphatic carboxylic acids is 1. The van der Waals surface area contributed by atoms with Gasteiger partial charge in [-0.05, 0) is 6.92 Å². The van der Waals surface area contributed by atoms with Gasteiger partial charge in [0.25, 0.3) is 0 Å². The fourth-order valence-electron chi connectivity index (χ4n) is 0.388. The molecule has 0 aliphatic rings. The summed E-state index contributed by atoms with van der Waals surface area (Å²) in [4.78, 5) is 20.5. The number of halogens is 2. The largest absolute Gasteiger partial charge is 0.479 e. The molecule has 0 heterocycles. The molecule has 0 spiro atoms. The molecule has 0 aliphatic heterocycles. The molecule has 0 saturated carbocycles. The van der Waals surface area contributed by atoms with E-state index in [1.54, 1.807) is 0 Å². The molecule has 0 aromatic rings. The van der Waals surface area contributed by atoms with Gasteiger partial charge in [-0.15, -0.1) is 0 Å². The highest BCUT2D eigenvalue weighted by molar-refractivity contribution is 6.58. The Morgan fingerprint density at radius 3 is 2.00 bits per heavy atom. The fourth-order valence-corrected chi connectivity index (χ4v) is 0.765. The summed E-state index contributed by atoms with van der Waals surface area (Å²) in [6.45, 7) is 1.22. The number of ketones is 1. The first-order valence-electron chi connectivity index (χ1n) is 2.47. The van der Waals surface area contributed by atoms with Crippen molar-refractivity contribution < 1.29 is 14.7 Å². The lowest BCUT2D eigenvalue weighted by Crippen LogP contribution is -2.27. The molecule has 0 bridgehead atoms. The van der Waals surface area contributed by atoms with E-state index in [-0.39, 0.29) is 12.2 Å². The van der Waals surface area contributed by atoms with Gasteiger partial charge in [0.15, 0.2) is 0 Å². The van der Waals surface area contributed by atoms with Crippen molar-refractivity contribution in [1.29, 1.82) is 0 Å². The molecule has 3 nitrogen and oxygen atoms in total. The molecule has 0 radical (unpaired) electrons. The number of hydrogen-bond donors (Lipinski definition) is 1. The van der Waals surface area contributed by atoms with Crippen molar-refractivity contribution in [2.45, 2.75) is 17.7 Å². The summed E-state index contributed by atoms with van der Waals surface area (Å²) >= 11 is 10.4. The van der Waals surface area contributed by atoms with Crippen molar-refractivity contribution >= 4 is 35.0 Å². The van der Waals surface area contributed by atoms with Crippen molar-refractivity contribution in [2.75, 3.05) is 0 Å². The van der Waals surface area contributed by atoms with Gasteiger partial charge in [-0.2, -0.15) is 0 Å². The van der Waals surface area contributed by atoms with Crippen LogP contribution < -0.4 is 0 Å². The highest BCUT2D eigenvalue weighted by atomic mass is 35.5. The lowest BCUT2D eigenvalue weighted by Gasteiger charge is -2.10. The maximum atomic E-state index is 10.3. The van der Waals surface area contributed by atoms with Crippen LogP contribution in [-0.4, -0.2) is 21.2 Å². The van der Waals surface area contributed by atoms with E-state index >= 15 is 0 Å². The second kappa shape index (κ2) is 3.21. The van der Waals surface area contributed by atoms with Crippen LogP contribution in [0.25, 0.3) is 0 Å². The Morgan fingerprint density at radius 2 is 1.90 bits per heavy atom. The lowest BCUT2D eigenvalue weighted by molar-refractivity contribution is -0.139. The molecule has 0 atom stereocenters. The quantitative estimate of drug-likeness (QED) is 0.672. The highest BCUT2D eigenvalue weighted by Gasteiger charge is 2.34. The van der Waals surface area contributed by atoms with E-state index in [0.717, 1.165) is 0 Å². The molecule has 0 rings (SSSR count). The second-order valence-electron chi connectivity index (χ2n) is 1.89. The topological polar surface area (TPSA) is 54.4 Å². The van der Waals surface area contributed by atoms with Crippen LogP contribution in [0.3, 0.4) is 0 Å². The van der Waals surface area contributed by atoms with E-state index in [1.165, 1.54) is 6.92 Å². The van der Waals surface area contributed by atoms with Crippen molar-refractivity contribution in [1.82, 2.24) is 0 Å². The molecule has 0 saturated heterocycles. The molecular weight excluding hydrogens is 179 g/mol. The number of carbonyl (C=O) groups excluding carboxylic acids is 1. The minimum Gasteiger partial charge on any atom is -0.479 e. The summed E-state index contributed by atoms with van der Waals surface area (Å²) in [7, 11) is 0. The van der Waals surface area contributed by atoms with Crippen LogP contribution in [0.1, 0.15) is 13.3 Å². The molecule has 10 heavy (non-hydrogen) atoms. The first-order valence-corrected chi connectivity index (χ1v) is 3.22. The Balaban J connectivity index is 4.13. The van der Waals surface area contributed by atoms with Crippen LogP contribution in [0.5, 0.6) is 0 Å². The van der Waals surface area contributed by atoms with E-state index in [0.29, 0.717) is 0 Å². The summed E-state index contributed by atoms with van der Waals surface area (Å²) in [5.74, 6) is -1.75. The maximum Gasteiger partial charge on any atom is 0.340 e. The molecule has 0 aliphatic carbocycles. The molecular formula is C5H6Cl2O3. The van der Waals surface area contributed by atoms with Gasteiger partial charge >= 0.3 is 5.97 Å². The minimum absolute atomic E-state index is 0.354. The highest BCUT2D eigenvalue weighted by Crippen LogP contribution is 2.25. The van der Waals surface area contributed by atoms with Gasteiger partial charge in [-0.1, -0.05) is 23.2 Å². The Bertz CT molecular complexity index is 164. The third-order valence-corrected chi connectivity index (χ3v) is 1.37. The number of hydrogen-bond acceptors (Lipinski definition) is 2. The Labute approximate surface area is 67.9 Å². The molecule has 0 aromatic heterocycles. The molecule has 0 fully saturated rings. The minimum atomic E-state index is -1.97. The summed E-state index contributed by atoms with van der Waals surface area (Å²) in [5, 5.41) is 8.27. The third-order valence-electron chi connectivity index (χ3n) is 0.784. The van der Waals surface area contributed by atoms with Crippen LogP contribution in [-0.2, 0) is 9.59 Å². The predicted octanol–water partition coefficient (Wildman–Crippen LogP) is 1.22. The zero-order chi connectivity index (χ0) is 8.36. The molecule has 0 amide bonds. The molecule has 0 aromatic carbocycles. The van der Waals surface area contributed by atoms with Gasteiger partial charge in [0.2, 0.25) is 4.33 Å². The van der Waals surface area contributed by atoms with Gasteiger partial charge in [0, 0.05) is 0 Å².